The highest BCUT2D eigenvalue weighted by molar-refractivity contribution is 5.95. The number of anilines is 4. The summed E-state index contributed by atoms with van der Waals surface area (Å²) in [6, 6.07) is 15.9. The Kier molecular flexibility index (Phi) is 10.4. The van der Waals surface area contributed by atoms with Crippen LogP contribution in [0.2, 0.25) is 0 Å². The molecule has 12 heteroatoms. The number of ether oxygens (including phenoxy) is 3. The van der Waals surface area contributed by atoms with Crippen molar-refractivity contribution in [3.8, 4) is 11.5 Å². The summed E-state index contributed by atoms with van der Waals surface area (Å²) in [5.74, 6) is 2.65. The minimum Gasteiger partial charge on any atom is -0.491 e. The fraction of sp³-hybridized carbons (Fsp3) is 0.459. The lowest BCUT2D eigenvalue weighted by atomic mass is 10.1. The van der Waals surface area contributed by atoms with Crippen LogP contribution in [0.4, 0.5) is 23.0 Å². The van der Waals surface area contributed by atoms with Crippen molar-refractivity contribution >= 4 is 44.8 Å². The summed E-state index contributed by atoms with van der Waals surface area (Å²) in [7, 11) is 0. The molecule has 12 nitrogen and oxygen atoms in total. The highest BCUT2D eigenvalue weighted by Crippen LogP contribution is 2.34. The van der Waals surface area contributed by atoms with Gasteiger partial charge >= 0.3 is 0 Å². The molecule has 3 aromatic heterocycles. The quantitative estimate of drug-likeness (QED) is 0.152. The van der Waals surface area contributed by atoms with Gasteiger partial charge in [-0.25, -0.2) is 14.6 Å². The van der Waals surface area contributed by atoms with Gasteiger partial charge in [-0.15, -0.1) is 5.10 Å². The SMILES string of the molecule is Nc1cc(N2CCCCCC2)c2cc(OCCOCCn3cc(COc4ccc5nc(N)cc(N6CCCCCC6)c5c4)nn3)ccc2n1. The molecular weight excluding hydrogens is 618 g/mol. The zero-order valence-corrected chi connectivity index (χ0v) is 28.2. The van der Waals surface area contributed by atoms with Crippen LogP contribution in [0.5, 0.6) is 11.5 Å². The number of nitrogens with two attached hydrogens (primary N) is 2. The molecule has 49 heavy (non-hydrogen) atoms. The molecule has 2 aromatic carbocycles. The van der Waals surface area contributed by atoms with Crippen molar-refractivity contribution in [1.82, 2.24) is 25.0 Å². The Hall–Kier alpha value is -4.84. The van der Waals surface area contributed by atoms with Gasteiger partial charge in [-0.05, 0) is 62.1 Å². The summed E-state index contributed by atoms with van der Waals surface area (Å²) in [4.78, 5) is 14.0. The van der Waals surface area contributed by atoms with E-state index in [1.54, 1.807) is 4.68 Å². The van der Waals surface area contributed by atoms with E-state index < -0.39 is 0 Å². The van der Waals surface area contributed by atoms with Gasteiger partial charge in [0.15, 0.2) is 0 Å². The number of fused-ring (bicyclic) bond motifs is 2. The van der Waals surface area contributed by atoms with Gasteiger partial charge in [0.25, 0.3) is 0 Å². The molecular formula is C37H47N9O3. The van der Waals surface area contributed by atoms with Crippen LogP contribution in [0.1, 0.15) is 57.1 Å². The lowest BCUT2D eigenvalue weighted by Gasteiger charge is -2.24. The Morgan fingerprint density at radius 2 is 1.16 bits per heavy atom. The summed E-state index contributed by atoms with van der Waals surface area (Å²) >= 11 is 0. The van der Waals surface area contributed by atoms with Crippen molar-refractivity contribution < 1.29 is 14.2 Å². The molecule has 0 spiro atoms. The van der Waals surface area contributed by atoms with E-state index in [0.29, 0.717) is 44.6 Å². The molecule has 0 radical (unpaired) electrons. The number of pyridine rings is 2. The van der Waals surface area contributed by atoms with Gasteiger partial charge in [-0.2, -0.15) is 0 Å². The molecule has 5 aromatic rings. The molecule has 2 aliphatic rings. The van der Waals surface area contributed by atoms with E-state index in [9.17, 15) is 0 Å². The second kappa shape index (κ2) is 15.6. The van der Waals surface area contributed by atoms with Crippen LogP contribution in [0, 0.1) is 0 Å². The number of nitrogens with zero attached hydrogens (tertiary/aromatic N) is 7. The molecule has 0 unspecified atom stereocenters. The topological polar surface area (TPSA) is 143 Å². The predicted molar refractivity (Wildman–Crippen MR) is 194 cm³/mol. The monoisotopic (exact) mass is 665 g/mol. The zero-order valence-electron chi connectivity index (χ0n) is 28.2. The normalized spacial score (nSPS) is 15.8. The smallest absolute Gasteiger partial charge is 0.134 e. The van der Waals surface area contributed by atoms with E-state index in [-0.39, 0.29) is 0 Å². The van der Waals surface area contributed by atoms with Gasteiger partial charge in [-0.3, -0.25) is 0 Å². The van der Waals surface area contributed by atoms with Gasteiger partial charge in [0, 0.05) is 60.5 Å². The maximum atomic E-state index is 6.17. The van der Waals surface area contributed by atoms with Crippen molar-refractivity contribution in [3.05, 3.63) is 60.4 Å². The highest BCUT2D eigenvalue weighted by Gasteiger charge is 2.17. The van der Waals surface area contributed by atoms with Crippen LogP contribution in [-0.2, 0) is 17.9 Å². The van der Waals surface area contributed by atoms with E-state index in [2.05, 4.69) is 42.2 Å². The maximum Gasteiger partial charge on any atom is 0.134 e. The minimum absolute atomic E-state index is 0.314. The Balaban J connectivity index is 0.881. The second-order valence-corrected chi connectivity index (χ2v) is 13.0. The van der Waals surface area contributed by atoms with Crippen LogP contribution in [0.3, 0.4) is 0 Å². The van der Waals surface area contributed by atoms with Gasteiger partial charge in [-0.1, -0.05) is 30.9 Å². The molecule has 258 valence electrons. The third-order valence-electron chi connectivity index (χ3n) is 9.38. The average Bonchev–Trinajstić information content (AvgIpc) is 3.27. The van der Waals surface area contributed by atoms with E-state index in [1.807, 2.05) is 42.6 Å². The van der Waals surface area contributed by atoms with Gasteiger partial charge in [0.2, 0.25) is 0 Å². The molecule has 0 amide bonds. The lowest BCUT2D eigenvalue weighted by Crippen LogP contribution is -2.24. The fourth-order valence-corrected chi connectivity index (χ4v) is 6.89. The van der Waals surface area contributed by atoms with Crippen molar-refractivity contribution in [3.63, 3.8) is 0 Å². The number of hydrogen-bond donors (Lipinski definition) is 2. The molecule has 2 saturated heterocycles. The van der Waals surface area contributed by atoms with Crippen LogP contribution in [0.15, 0.2) is 54.7 Å². The summed E-state index contributed by atoms with van der Waals surface area (Å²) in [6.45, 7) is 6.43. The Morgan fingerprint density at radius 3 is 1.73 bits per heavy atom. The van der Waals surface area contributed by atoms with Crippen molar-refractivity contribution in [2.75, 3.05) is 67.3 Å². The summed E-state index contributed by atoms with van der Waals surface area (Å²) in [5.41, 5.74) is 17.1. The second-order valence-electron chi connectivity index (χ2n) is 13.0. The average molecular weight is 666 g/mol. The number of benzene rings is 2. The van der Waals surface area contributed by atoms with Crippen LogP contribution in [0.25, 0.3) is 21.8 Å². The molecule has 0 bridgehead atoms. The molecule has 0 atom stereocenters. The minimum atomic E-state index is 0.314. The van der Waals surface area contributed by atoms with Crippen molar-refractivity contribution in [2.24, 2.45) is 0 Å². The number of hydrogen-bond acceptors (Lipinski definition) is 11. The largest absolute Gasteiger partial charge is 0.491 e. The Morgan fingerprint density at radius 1 is 0.612 bits per heavy atom. The Bertz CT molecular complexity index is 1850. The molecule has 0 aliphatic carbocycles. The van der Waals surface area contributed by atoms with E-state index in [4.69, 9.17) is 25.7 Å². The molecule has 0 saturated carbocycles. The first-order valence-electron chi connectivity index (χ1n) is 17.7. The van der Waals surface area contributed by atoms with E-state index in [0.717, 1.165) is 76.6 Å². The first kappa shape index (κ1) is 32.7. The van der Waals surface area contributed by atoms with Crippen LogP contribution < -0.4 is 30.7 Å². The molecule has 2 fully saturated rings. The van der Waals surface area contributed by atoms with Crippen molar-refractivity contribution in [2.45, 2.75) is 64.5 Å². The molecule has 4 N–H and O–H groups in total. The molecule has 7 rings (SSSR count). The highest BCUT2D eigenvalue weighted by atomic mass is 16.5. The fourth-order valence-electron chi connectivity index (χ4n) is 6.89. The van der Waals surface area contributed by atoms with Gasteiger partial charge in [0.1, 0.15) is 42.0 Å². The van der Waals surface area contributed by atoms with E-state index >= 15 is 0 Å². The third-order valence-corrected chi connectivity index (χ3v) is 9.38. The third kappa shape index (κ3) is 8.25. The number of nitrogen functional groups attached to an aromatic ring is 2. The predicted octanol–water partition coefficient (Wildman–Crippen LogP) is 5.97. The number of rotatable bonds is 12. The van der Waals surface area contributed by atoms with Crippen LogP contribution >= 0.6 is 0 Å². The van der Waals surface area contributed by atoms with Crippen molar-refractivity contribution in [1.29, 1.82) is 0 Å². The first-order chi connectivity index (χ1) is 24.1. The summed E-state index contributed by atoms with van der Waals surface area (Å²) < 4.78 is 19.8. The maximum absolute atomic E-state index is 6.17. The molecule has 5 heterocycles. The van der Waals surface area contributed by atoms with Gasteiger partial charge in [0.05, 0.1) is 37.0 Å². The summed E-state index contributed by atoms with van der Waals surface area (Å²) in [5, 5.41) is 10.7. The zero-order chi connectivity index (χ0) is 33.4. The van der Waals surface area contributed by atoms with E-state index in [1.165, 1.54) is 51.4 Å². The molecule has 2 aliphatic heterocycles. The first-order valence-corrected chi connectivity index (χ1v) is 17.7. The van der Waals surface area contributed by atoms with Gasteiger partial charge < -0.3 is 35.5 Å². The standard InChI is InChI=1S/C37H47N9O3/c38-36-23-34(44-13-5-1-2-6-14-44)30-21-28(9-11-32(30)40-36)48-20-19-47-18-17-46-25-27(42-43-46)26-49-29-10-12-33-31(22-29)35(24-37(39)41-33)45-15-7-3-4-8-16-45/h9-12,21-25H,1-8,13-20,26H2,(H2,38,40)(H2,39,41). The lowest BCUT2D eigenvalue weighted by molar-refractivity contribution is 0.0924. The Labute approximate surface area is 287 Å². The number of aromatic nitrogens is 5. The summed E-state index contributed by atoms with van der Waals surface area (Å²) in [6.07, 6.45) is 11.7. The van der Waals surface area contributed by atoms with Crippen LogP contribution in [-0.4, -0.2) is 71.0 Å².